The van der Waals surface area contributed by atoms with Crippen molar-refractivity contribution in [3.05, 3.63) is 29.8 Å². The monoisotopic (exact) mass is 250 g/mol. The quantitative estimate of drug-likeness (QED) is 0.609. The fourth-order valence-corrected chi connectivity index (χ4v) is 1.32. The first-order valence-electron chi connectivity index (χ1n) is 5.76. The molecule has 0 saturated heterocycles. The Labute approximate surface area is 106 Å². The molecule has 6 nitrogen and oxygen atoms in total. The molecular weight excluding hydrogens is 232 g/mol. The lowest BCUT2D eigenvalue weighted by molar-refractivity contribution is -0.119. The summed E-state index contributed by atoms with van der Waals surface area (Å²) in [4.78, 5) is 22.6. The van der Waals surface area contributed by atoms with Crippen molar-refractivity contribution in [1.29, 1.82) is 0 Å². The summed E-state index contributed by atoms with van der Waals surface area (Å²) in [5, 5.41) is 7.66. The zero-order valence-electron chi connectivity index (χ0n) is 10.3. The van der Waals surface area contributed by atoms with Crippen LogP contribution in [0.2, 0.25) is 0 Å². The lowest BCUT2D eigenvalue weighted by atomic mass is 10.2. The molecule has 0 fully saturated rings. The van der Waals surface area contributed by atoms with Gasteiger partial charge in [-0.3, -0.25) is 4.79 Å². The summed E-state index contributed by atoms with van der Waals surface area (Å²) < 4.78 is 0. The Morgan fingerprint density at radius 1 is 1.17 bits per heavy atom. The van der Waals surface area contributed by atoms with E-state index in [-0.39, 0.29) is 12.5 Å². The molecule has 0 aromatic heterocycles. The Morgan fingerprint density at radius 2 is 1.83 bits per heavy atom. The molecule has 0 heterocycles. The van der Waals surface area contributed by atoms with Crippen LogP contribution in [-0.4, -0.2) is 25.0 Å². The SMILES string of the molecule is CCNC(=O)CNC(=O)Nc1ccc(CN)cc1. The number of nitrogens with two attached hydrogens (primary N) is 1. The summed E-state index contributed by atoms with van der Waals surface area (Å²) in [5.74, 6) is -0.217. The van der Waals surface area contributed by atoms with Crippen molar-refractivity contribution in [2.24, 2.45) is 5.73 Å². The van der Waals surface area contributed by atoms with Gasteiger partial charge in [-0.05, 0) is 24.6 Å². The van der Waals surface area contributed by atoms with Gasteiger partial charge in [0.05, 0.1) is 6.54 Å². The molecule has 0 aliphatic heterocycles. The van der Waals surface area contributed by atoms with Gasteiger partial charge in [0.2, 0.25) is 5.91 Å². The Hall–Kier alpha value is -2.08. The van der Waals surface area contributed by atoms with Crippen molar-refractivity contribution >= 4 is 17.6 Å². The molecule has 0 spiro atoms. The van der Waals surface area contributed by atoms with E-state index >= 15 is 0 Å². The van der Waals surface area contributed by atoms with Crippen molar-refractivity contribution in [2.75, 3.05) is 18.4 Å². The van der Waals surface area contributed by atoms with Crippen molar-refractivity contribution in [3.63, 3.8) is 0 Å². The van der Waals surface area contributed by atoms with Crippen molar-refractivity contribution in [1.82, 2.24) is 10.6 Å². The first-order valence-corrected chi connectivity index (χ1v) is 5.76. The largest absolute Gasteiger partial charge is 0.355 e. The summed E-state index contributed by atoms with van der Waals surface area (Å²) in [6, 6.07) is 6.77. The highest BCUT2D eigenvalue weighted by atomic mass is 16.2. The Bertz CT molecular complexity index is 403. The highest BCUT2D eigenvalue weighted by Gasteiger charge is 2.04. The molecule has 0 aliphatic rings. The standard InChI is InChI=1S/C12H18N4O2/c1-2-14-11(17)8-15-12(18)16-10-5-3-9(7-13)4-6-10/h3-6H,2,7-8,13H2,1H3,(H,14,17)(H2,15,16,18). The maximum Gasteiger partial charge on any atom is 0.319 e. The number of rotatable bonds is 5. The maximum absolute atomic E-state index is 11.4. The van der Waals surface area contributed by atoms with Gasteiger partial charge in [-0.2, -0.15) is 0 Å². The van der Waals surface area contributed by atoms with E-state index in [1.54, 1.807) is 12.1 Å². The minimum atomic E-state index is -0.415. The fraction of sp³-hybridized carbons (Fsp3) is 0.333. The molecule has 0 unspecified atom stereocenters. The molecule has 1 rings (SSSR count). The number of benzene rings is 1. The van der Waals surface area contributed by atoms with Crippen LogP contribution < -0.4 is 21.7 Å². The number of carbonyl (C=O) groups excluding carboxylic acids is 2. The molecular formula is C12H18N4O2. The molecule has 18 heavy (non-hydrogen) atoms. The van der Waals surface area contributed by atoms with E-state index < -0.39 is 6.03 Å². The molecule has 5 N–H and O–H groups in total. The van der Waals surface area contributed by atoms with Gasteiger partial charge in [-0.25, -0.2) is 4.79 Å². The summed E-state index contributed by atoms with van der Waals surface area (Å²) >= 11 is 0. The van der Waals surface area contributed by atoms with Gasteiger partial charge in [0.25, 0.3) is 0 Å². The number of hydrogen-bond acceptors (Lipinski definition) is 3. The summed E-state index contributed by atoms with van der Waals surface area (Å²) in [5.41, 5.74) is 7.11. The van der Waals surface area contributed by atoms with E-state index in [4.69, 9.17) is 5.73 Å². The lowest BCUT2D eigenvalue weighted by Gasteiger charge is -2.08. The normalized spacial score (nSPS) is 9.67. The van der Waals surface area contributed by atoms with Gasteiger partial charge in [0.1, 0.15) is 0 Å². The molecule has 1 aromatic carbocycles. The Balaban J connectivity index is 2.37. The molecule has 98 valence electrons. The zero-order valence-corrected chi connectivity index (χ0v) is 10.3. The van der Waals surface area contributed by atoms with Gasteiger partial charge in [-0.1, -0.05) is 12.1 Å². The smallest absolute Gasteiger partial charge is 0.319 e. The third-order valence-electron chi connectivity index (χ3n) is 2.23. The van der Waals surface area contributed by atoms with Gasteiger partial charge in [-0.15, -0.1) is 0 Å². The van der Waals surface area contributed by atoms with Gasteiger partial charge in [0.15, 0.2) is 0 Å². The van der Waals surface area contributed by atoms with Crippen LogP contribution in [0.25, 0.3) is 0 Å². The van der Waals surface area contributed by atoms with Crippen LogP contribution in [0.4, 0.5) is 10.5 Å². The molecule has 1 aromatic rings. The second-order valence-corrected chi connectivity index (χ2v) is 3.66. The number of hydrogen-bond donors (Lipinski definition) is 4. The summed E-state index contributed by atoms with van der Waals surface area (Å²) in [6.07, 6.45) is 0. The Morgan fingerprint density at radius 3 is 2.39 bits per heavy atom. The van der Waals surface area contributed by atoms with Crippen LogP contribution >= 0.6 is 0 Å². The molecule has 0 aliphatic carbocycles. The molecule has 0 bridgehead atoms. The predicted octanol–water partition coefficient (Wildman–Crippen LogP) is 0.403. The van der Waals surface area contributed by atoms with Gasteiger partial charge < -0.3 is 21.7 Å². The molecule has 0 saturated carbocycles. The van der Waals surface area contributed by atoms with E-state index in [0.717, 1.165) is 5.56 Å². The highest BCUT2D eigenvalue weighted by molar-refractivity contribution is 5.92. The van der Waals surface area contributed by atoms with Gasteiger partial charge >= 0.3 is 6.03 Å². The van der Waals surface area contributed by atoms with Crippen molar-refractivity contribution in [3.8, 4) is 0 Å². The molecule has 3 amide bonds. The maximum atomic E-state index is 11.4. The van der Waals surface area contributed by atoms with Crippen LogP contribution in [0.5, 0.6) is 0 Å². The molecule has 6 heteroatoms. The third-order valence-corrected chi connectivity index (χ3v) is 2.23. The topological polar surface area (TPSA) is 96.2 Å². The number of amides is 3. The second-order valence-electron chi connectivity index (χ2n) is 3.66. The number of urea groups is 1. The lowest BCUT2D eigenvalue weighted by Crippen LogP contribution is -2.38. The van der Waals surface area contributed by atoms with Crippen molar-refractivity contribution in [2.45, 2.75) is 13.5 Å². The van der Waals surface area contributed by atoms with E-state index in [9.17, 15) is 9.59 Å². The average Bonchev–Trinajstić information content (AvgIpc) is 2.38. The van der Waals surface area contributed by atoms with Crippen molar-refractivity contribution < 1.29 is 9.59 Å². The van der Waals surface area contributed by atoms with Crippen LogP contribution in [0.3, 0.4) is 0 Å². The highest BCUT2D eigenvalue weighted by Crippen LogP contribution is 2.08. The second kappa shape index (κ2) is 7.29. The number of nitrogens with one attached hydrogen (secondary N) is 3. The van der Waals surface area contributed by atoms with E-state index in [2.05, 4.69) is 16.0 Å². The number of likely N-dealkylation sites (N-methyl/N-ethyl adjacent to an activating group) is 1. The average molecular weight is 250 g/mol. The Kier molecular flexibility index (Phi) is 5.66. The molecule has 0 atom stereocenters. The summed E-state index contributed by atoms with van der Waals surface area (Å²) in [6.45, 7) is 2.78. The van der Waals surface area contributed by atoms with Crippen LogP contribution in [0.1, 0.15) is 12.5 Å². The minimum Gasteiger partial charge on any atom is -0.355 e. The predicted molar refractivity (Wildman–Crippen MR) is 70.0 cm³/mol. The van der Waals surface area contributed by atoms with E-state index in [1.165, 1.54) is 0 Å². The van der Waals surface area contributed by atoms with E-state index in [1.807, 2.05) is 19.1 Å². The molecule has 0 radical (unpaired) electrons. The van der Waals surface area contributed by atoms with Crippen LogP contribution in [0.15, 0.2) is 24.3 Å². The fourth-order valence-electron chi connectivity index (χ4n) is 1.32. The van der Waals surface area contributed by atoms with E-state index in [0.29, 0.717) is 18.8 Å². The first kappa shape index (κ1) is 14.0. The number of carbonyl (C=O) groups is 2. The zero-order chi connectivity index (χ0) is 13.4. The number of anilines is 1. The third kappa shape index (κ3) is 4.84. The van der Waals surface area contributed by atoms with Crippen LogP contribution in [-0.2, 0) is 11.3 Å². The minimum absolute atomic E-state index is 0.0411. The first-order chi connectivity index (χ1) is 8.65. The summed E-state index contributed by atoms with van der Waals surface area (Å²) in [7, 11) is 0. The van der Waals surface area contributed by atoms with Gasteiger partial charge in [0, 0.05) is 18.8 Å². The van der Waals surface area contributed by atoms with Crippen LogP contribution in [0, 0.1) is 0 Å².